The molecule has 0 aliphatic rings. The van der Waals surface area contributed by atoms with Gasteiger partial charge in [0.25, 0.3) is 5.88 Å². The molecule has 0 radical (unpaired) electrons. The van der Waals surface area contributed by atoms with Crippen LogP contribution >= 0.6 is 0 Å². The monoisotopic (exact) mass is 290 g/mol. The molecule has 0 fully saturated rings. The van der Waals surface area contributed by atoms with E-state index in [1.807, 2.05) is 24.3 Å². The van der Waals surface area contributed by atoms with Crippen LogP contribution < -0.4 is 14.8 Å². The first-order chi connectivity index (χ1) is 10.2. The fraction of sp³-hybridized carbons (Fsp3) is 0.231. The molecule has 0 saturated heterocycles. The van der Waals surface area contributed by atoms with Gasteiger partial charge < -0.3 is 14.8 Å². The Balaban J connectivity index is 2.17. The van der Waals surface area contributed by atoms with Crippen LogP contribution in [-0.2, 0) is 6.54 Å². The van der Waals surface area contributed by atoms with Crippen LogP contribution in [0.1, 0.15) is 5.56 Å². The van der Waals surface area contributed by atoms with Gasteiger partial charge in [0.05, 0.1) is 19.1 Å². The summed E-state index contributed by atoms with van der Waals surface area (Å²) in [6.45, 7) is 0.380. The van der Waals surface area contributed by atoms with Crippen molar-refractivity contribution in [2.24, 2.45) is 0 Å². The predicted molar refractivity (Wildman–Crippen MR) is 75.6 cm³/mol. The van der Waals surface area contributed by atoms with Crippen molar-refractivity contribution in [3.8, 4) is 11.6 Å². The van der Waals surface area contributed by atoms with E-state index in [1.54, 1.807) is 7.11 Å². The van der Waals surface area contributed by atoms with Crippen LogP contribution in [0.3, 0.4) is 0 Å². The number of anilines is 1. The smallest absolute Gasteiger partial charge is 0.372 e. The number of aromatic nitrogens is 2. The minimum atomic E-state index is -0.574. The van der Waals surface area contributed by atoms with Crippen LogP contribution in [-0.4, -0.2) is 29.1 Å². The average molecular weight is 290 g/mol. The summed E-state index contributed by atoms with van der Waals surface area (Å²) in [6, 6.07) is 7.34. The van der Waals surface area contributed by atoms with Gasteiger partial charge in [0, 0.05) is 6.54 Å². The van der Waals surface area contributed by atoms with Crippen LogP contribution in [0, 0.1) is 10.1 Å². The molecule has 8 nitrogen and oxygen atoms in total. The fourth-order valence-electron chi connectivity index (χ4n) is 1.74. The SMILES string of the molecule is COc1ccc(CNc2ncnc(OC)c2[N+](=O)[O-])cc1. The van der Waals surface area contributed by atoms with E-state index >= 15 is 0 Å². The Morgan fingerprint density at radius 3 is 2.48 bits per heavy atom. The van der Waals surface area contributed by atoms with Crippen LogP contribution in [0.25, 0.3) is 0 Å². The third kappa shape index (κ3) is 3.35. The predicted octanol–water partition coefficient (Wildman–Crippen LogP) is 2.01. The van der Waals surface area contributed by atoms with Gasteiger partial charge in [-0.15, -0.1) is 0 Å². The third-order valence-corrected chi connectivity index (χ3v) is 2.78. The van der Waals surface area contributed by atoms with Gasteiger partial charge >= 0.3 is 5.69 Å². The quantitative estimate of drug-likeness (QED) is 0.641. The summed E-state index contributed by atoms with van der Waals surface area (Å²) in [6.07, 6.45) is 1.21. The van der Waals surface area contributed by atoms with E-state index < -0.39 is 4.92 Å². The Labute approximate surface area is 120 Å². The summed E-state index contributed by atoms with van der Waals surface area (Å²) in [5, 5.41) is 14.0. The molecule has 0 bridgehead atoms. The zero-order valence-electron chi connectivity index (χ0n) is 11.6. The normalized spacial score (nSPS) is 10.0. The summed E-state index contributed by atoms with van der Waals surface area (Å²) >= 11 is 0. The highest BCUT2D eigenvalue weighted by atomic mass is 16.6. The molecule has 8 heteroatoms. The van der Waals surface area contributed by atoms with Gasteiger partial charge in [-0.25, -0.2) is 4.98 Å². The third-order valence-electron chi connectivity index (χ3n) is 2.78. The van der Waals surface area contributed by atoms with Crippen molar-refractivity contribution in [3.05, 3.63) is 46.3 Å². The molecule has 0 unspecified atom stereocenters. The molecule has 0 saturated carbocycles. The molecule has 0 amide bonds. The minimum Gasteiger partial charge on any atom is -0.497 e. The highest BCUT2D eigenvalue weighted by molar-refractivity contribution is 5.61. The van der Waals surface area contributed by atoms with E-state index in [1.165, 1.54) is 13.4 Å². The van der Waals surface area contributed by atoms with Crippen molar-refractivity contribution in [1.82, 2.24) is 9.97 Å². The zero-order chi connectivity index (χ0) is 15.2. The van der Waals surface area contributed by atoms with Crippen molar-refractivity contribution in [2.75, 3.05) is 19.5 Å². The molecular formula is C13H14N4O4. The van der Waals surface area contributed by atoms with E-state index in [9.17, 15) is 10.1 Å². The molecule has 21 heavy (non-hydrogen) atoms. The molecule has 1 aromatic heterocycles. The van der Waals surface area contributed by atoms with Crippen LogP contribution in [0.5, 0.6) is 11.6 Å². The maximum Gasteiger partial charge on any atom is 0.372 e. The number of hydrogen-bond donors (Lipinski definition) is 1. The number of methoxy groups -OCH3 is 2. The number of nitrogens with zero attached hydrogens (tertiary/aromatic N) is 3. The Morgan fingerprint density at radius 1 is 1.19 bits per heavy atom. The molecule has 0 aliphatic heterocycles. The second-order valence-electron chi connectivity index (χ2n) is 4.04. The zero-order valence-corrected chi connectivity index (χ0v) is 11.6. The highest BCUT2D eigenvalue weighted by Crippen LogP contribution is 2.30. The summed E-state index contributed by atoms with van der Waals surface area (Å²) in [4.78, 5) is 18.1. The molecule has 1 aromatic carbocycles. The summed E-state index contributed by atoms with van der Waals surface area (Å²) in [5.41, 5.74) is 0.649. The highest BCUT2D eigenvalue weighted by Gasteiger charge is 2.23. The topological polar surface area (TPSA) is 99.4 Å². The lowest BCUT2D eigenvalue weighted by Gasteiger charge is -2.08. The molecule has 0 atom stereocenters. The largest absolute Gasteiger partial charge is 0.497 e. The van der Waals surface area contributed by atoms with E-state index in [0.717, 1.165) is 11.3 Å². The van der Waals surface area contributed by atoms with Crippen molar-refractivity contribution in [3.63, 3.8) is 0 Å². The number of benzene rings is 1. The first-order valence-corrected chi connectivity index (χ1v) is 6.06. The number of nitro groups is 1. The molecule has 0 aliphatic carbocycles. The fourth-order valence-corrected chi connectivity index (χ4v) is 1.74. The maximum absolute atomic E-state index is 11.1. The molecule has 1 heterocycles. The number of hydrogen-bond acceptors (Lipinski definition) is 7. The Hall–Kier alpha value is -2.90. The van der Waals surface area contributed by atoms with Gasteiger partial charge in [0.2, 0.25) is 5.82 Å². The lowest BCUT2D eigenvalue weighted by molar-refractivity contribution is -0.385. The van der Waals surface area contributed by atoms with Crippen molar-refractivity contribution >= 4 is 11.5 Å². The van der Waals surface area contributed by atoms with E-state index in [-0.39, 0.29) is 17.4 Å². The lowest BCUT2D eigenvalue weighted by Crippen LogP contribution is -2.07. The molecule has 0 spiro atoms. The summed E-state index contributed by atoms with van der Waals surface area (Å²) in [7, 11) is 2.91. The van der Waals surface area contributed by atoms with Gasteiger partial charge in [-0.1, -0.05) is 12.1 Å². The van der Waals surface area contributed by atoms with Crippen molar-refractivity contribution < 1.29 is 14.4 Å². The average Bonchev–Trinajstić information content (AvgIpc) is 2.52. The Morgan fingerprint density at radius 2 is 1.90 bits per heavy atom. The first-order valence-electron chi connectivity index (χ1n) is 6.06. The number of nitrogens with one attached hydrogen (secondary N) is 1. The van der Waals surface area contributed by atoms with Gasteiger partial charge in [0.15, 0.2) is 0 Å². The number of ether oxygens (including phenoxy) is 2. The molecule has 110 valence electrons. The van der Waals surface area contributed by atoms with Crippen molar-refractivity contribution in [1.29, 1.82) is 0 Å². The summed E-state index contributed by atoms with van der Waals surface area (Å²) < 4.78 is 9.95. The first kappa shape index (κ1) is 14.5. The second kappa shape index (κ2) is 6.51. The molecule has 2 aromatic rings. The van der Waals surface area contributed by atoms with Crippen LogP contribution in [0.15, 0.2) is 30.6 Å². The van der Waals surface area contributed by atoms with Gasteiger partial charge in [-0.2, -0.15) is 4.98 Å². The van der Waals surface area contributed by atoms with E-state index in [4.69, 9.17) is 9.47 Å². The van der Waals surface area contributed by atoms with Gasteiger partial charge in [-0.05, 0) is 17.7 Å². The van der Waals surface area contributed by atoms with Crippen molar-refractivity contribution in [2.45, 2.75) is 6.54 Å². The van der Waals surface area contributed by atoms with Gasteiger partial charge in [-0.3, -0.25) is 10.1 Å². The van der Waals surface area contributed by atoms with E-state index in [0.29, 0.717) is 6.54 Å². The summed E-state index contributed by atoms with van der Waals surface area (Å²) in [5.74, 6) is 0.781. The van der Waals surface area contributed by atoms with E-state index in [2.05, 4.69) is 15.3 Å². The standard InChI is InChI=1S/C13H14N4O4/c1-20-10-5-3-9(4-6-10)7-14-12-11(17(18)19)13(21-2)16-8-15-12/h3-6,8H,7H2,1-2H3,(H,14,15,16). The minimum absolute atomic E-state index is 0.0766. The Bertz CT molecular complexity index is 631. The molecular weight excluding hydrogens is 276 g/mol. The van der Waals surface area contributed by atoms with Gasteiger partial charge in [0.1, 0.15) is 12.1 Å². The van der Waals surface area contributed by atoms with Crippen LogP contribution in [0.4, 0.5) is 11.5 Å². The second-order valence-corrected chi connectivity index (χ2v) is 4.04. The molecule has 1 N–H and O–H groups in total. The molecule has 2 rings (SSSR count). The maximum atomic E-state index is 11.1. The Kier molecular flexibility index (Phi) is 4.50. The number of rotatable bonds is 6. The van der Waals surface area contributed by atoms with Crippen LogP contribution in [0.2, 0.25) is 0 Å². The lowest BCUT2D eigenvalue weighted by atomic mass is 10.2.